The summed E-state index contributed by atoms with van der Waals surface area (Å²) in [7, 11) is -3.71. The smallest absolute Gasteiger partial charge is 0.253 e. The summed E-state index contributed by atoms with van der Waals surface area (Å²) in [4.78, 5) is 15.0. The molecule has 1 heterocycles. The van der Waals surface area contributed by atoms with E-state index in [1.807, 2.05) is 41.3 Å². The maximum atomic E-state index is 13.0. The molecule has 1 aliphatic heterocycles. The van der Waals surface area contributed by atoms with E-state index in [-0.39, 0.29) is 17.3 Å². The Morgan fingerprint density at radius 3 is 2.12 bits per heavy atom. The lowest BCUT2D eigenvalue weighted by Crippen LogP contribution is -2.39. The van der Waals surface area contributed by atoms with E-state index in [9.17, 15) is 13.2 Å². The highest BCUT2D eigenvalue weighted by atomic mass is 32.2. The number of carbonyl (C=O) groups is 1. The van der Waals surface area contributed by atoms with E-state index < -0.39 is 10.0 Å². The van der Waals surface area contributed by atoms with Crippen molar-refractivity contribution in [3.05, 3.63) is 102 Å². The maximum Gasteiger partial charge on any atom is 0.253 e. The van der Waals surface area contributed by atoms with Crippen molar-refractivity contribution < 1.29 is 13.2 Å². The Morgan fingerprint density at radius 1 is 0.844 bits per heavy atom. The predicted molar refractivity (Wildman–Crippen MR) is 126 cm³/mol. The van der Waals surface area contributed by atoms with Crippen molar-refractivity contribution in [3.8, 4) is 0 Å². The van der Waals surface area contributed by atoms with Crippen LogP contribution in [0.2, 0.25) is 0 Å². The van der Waals surface area contributed by atoms with Gasteiger partial charge in [-0.15, -0.1) is 0 Å². The summed E-state index contributed by atoms with van der Waals surface area (Å²) in [5, 5.41) is 0. The molecule has 3 aromatic carbocycles. The van der Waals surface area contributed by atoms with Gasteiger partial charge in [0.2, 0.25) is 10.0 Å². The highest BCUT2D eigenvalue weighted by molar-refractivity contribution is 7.89. The molecular formula is C26H28N2O3S. The first-order valence-electron chi connectivity index (χ1n) is 11.0. The van der Waals surface area contributed by atoms with Gasteiger partial charge in [0.25, 0.3) is 5.91 Å². The number of hydrogen-bond acceptors (Lipinski definition) is 3. The molecule has 0 saturated carbocycles. The lowest BCUT2D eigenvalue weighted by atomic mass is 9.90. The second-order valence-corrected chi connectivity index (χ2v) is 10.0. The van der Waals surface area contributed by atoms with Gasteiger partial charge in [0, 0.05) is 25.2 Å². The number of hydrogen-bond donors (Lipinski definition) is 1. The summed E-state index contributed by atoms with van der Waals surface area (Å²) in [6, 6.07) is 26.1. The summed E-state index contributed by atoms with van der Waals surface area (Å²) >= 11 is 0. The van der Waals surface area contributed by atoms with Gasteiger partial charge in [-0.05, 0) is 54.5 Å². The Morgan fingerprint density at radius 2 is 1.47 bits per heavy atom. The molecule has 0 bridgehead atoms. The number of sulfonamides is 1. The van der Waals surface area contributed by atoms with Crippen LogP contribution in [-0.2, 0) is 23.0 Å². The zero-order valence-electron chi connectivity index (χ0n) is 18.0. The molecule has 166 valence electrons. The van der Waals surface area contributed by atoms with Gasteiger partial charge in [-0.2, -0.15) is 0 Å². The minimum atomic E-state index is -3.71. The molecule has 6 heteroatoms. The van der Waals surface area contributed by atoms with E-state index in [2.05, 4.69) is 29.0 Å². The fourth-order valence-electron chi connectivity index (χ4n) is 4.12. The molecule has 1 amide bonds. The van der Waals surface area contributed by atoms with E-state index in [0.717, 1.165) is 24.8 Å². The Kier molecular flexibility index (Phi) is 7.02. The van der Waals surface area contributed by atoms with Gasteiger partial charge in [0.05, 0.1) is 4.90 Å². The van der Waals surface area contributed by atoms with Gasteiger partial charge in [0.15, 0.2) is 0 Å². The van der Waals surface area contributed by atoms with Crippen LogP contribution in [0, 0.1) is 5.92 Å². The molecule has 0 atom stereocenters. The molecule has 1 saturated heterocycles. The van der Waals surface area contributed by atoms with Gasteiger partial charge < -0.3 is 4.90 Å². The zero-order valence-corrected chi connectivity index (χ0v) is 18.8. The van der Waals surface area contributed by atoms with Crippen molar-refractivity contribution in [3.63, 3.8) is 0 Å². The molecule has 5 nitrogen and oxygen atoms in total. The standard InChI is InChI=1S/C26H28N2O3S/c29-26(28-16-14-22(15-17-28)18-21-8-3-1-4-9-21)24-12-7-13-25(19-24)32(30,31)27-20-23-10-5-2-6-11-23/h1-13,19,22,27H,14-18,20H2. The van der Waals surface area contributed by atoms with Crippen LogP contribution in [0.5, 0.6) is 0 Å². The van der Waals surface area contributed by atoms with E-state index in [1.54, 1.807) is 12.1 Å². The number of nitrogens with one attached hydrogen (secondary N) is 1. The third kappa shape index (κ3) is 5.64. The number of amides is 1. The lowest BCUT2D eigenvalue weighted by Gasteiger charge is -2.32. The van der Waals surface area contributed by atoms with Crippen LogP contribution in [0.1, 0.15) is 34.3 Å². The van der Waals surface area contributed by atoms with Crippen molar-refractivity contribution in [2.45, 2.75) is 30.7 Å². The monoisotopic (exact) mass is 448 g/mol. The summed E-state index contributed by atoms with van der Waals surface area (Å²) in [6.07, 6.45) is 2.94. The van der Waals surface area contributed by atoms with E-state index in [4.69, 9.17) is 0 Å². The van der Waals surface area contributed by atoms with Crippen LogP contribution in [0.15, 0.2) is 89.8 Å². The first-order valence-corrected chi connectivity index (χ1v) is 12.5. The van der Waals surface area contributed by atoms with Crippen molar-refractivity contribution in [2.24, 2.45) is 5.92 Å². The van der Waals surface area contributed by atoms with Gasteiger partial charge in [-0.25, -0.2) is 13.1 Å². The minimum Gasteiger partial charge on any atom is -0.339 e. The van der Waals surface area contributed by atoms with E-state index in [1.165, 1.54) is 17.7 Å². The Hall–Kier alpha value is -2.96. The molecule has 0 radical (unpaired) electrons. The minimum absolute atomic E-state index is 0.108. The predicted octanol–water partition coefficient (Wildman–Crippen LogP) is 4.26. The lowest BCUT2D eigenvalue weighted by molar-refractivity contribution is 0.0690. The molecule has 0 unspecified atom stereocenters. The molecule has 1 aliphatic rings. The second-order valence-electron chi connectivity index (χ2n) is 8.26. The van der Waals surface area contributed by atoms with Crippen molar-refractivity contribution in [2.75, 3.05) is 13.1 Å². The highest BCUT2D eigenvalue weighted by Crippen LogP contribution is 2.23. The number of carbonyl (C=O) groups excluding carboxylic acids is 1. The second kappa shape index (κ2) is 10.1. The molecule has 3 aromatic rings. The number of benzene rings is 3. The third-order valence-electron chi connectivity index (χ3n) is 5.97. The molecule has 0 spiro atoms. The topological polar surface area (TPSA) is 66.5 Å². The summed E-state index contributed by atoms with van der Waals surface area (Å²) in [5.74, 6) is 0.457. The fraction of sp³-hybridized carbons (Fsp3) is 0.269. The van der Waals surface area contributed by atoms with Gasteiger partial charge in [-0.1, -0.05) is 66.7 Å². The van der Waals surface area contributed by atoms with Crippen LogP contribution in [0.3, 0.4) is 0 Å². The quantitative estimate of drug-likeness (QED) is 0.587. The summed E-state index contributed by atoms with van der Waals surface area (Å²) < 4.78 is 28.1. The number of likely N-dealkylation sites (tertiary alicyclic amines) is 1. The molecular weight excluding hydrogens is 420 g/mol. The first kappa shape index (κ1) is 22.2. The number of piperidine rings is 1. The largest absolute Gasteiger partial charge is 0.339 e. The molecule has 1 N–H and O–H groups in total. The van der Waals surface area contributed by atoms with Gasteiger partial charge in [0.1, 0.15) is 0 Å². The average molecular weight is 449 g/mol. The molecule has 4 rings (SSSR count). The van der Waals surface area contributed by atoms with Crippen LogP contribution in [0.4, 0.5) is 0 Å². The van der Waals surface area contributed by atoms with Gasteiger partial charge in [-0.3, -0.25) is 4.79 Å². The van der Waals surface area contributed by atoms with E-state index >= 15 is 0 Å². The number of nitrogens with zero attached hydrogens (tertiary/aromatic N) is 1. The molecule has 32 heavy (non-hydrogen) atoms. The molecule has 1 fully saturated rings. The van der Waals surface area contributed by atoms with Crippen LogP contribution in [-0.4, -0.2) is 32.3 Å². The third-order valence-corrected chi connectivity index (χ3v) is 7.37. The fourth-order valence-corrected chi connectivity index (χ4v) is 5.19. The number of rotatable bonds is 7. The van der Waals surface area contributed by atoms with Crippen LogP contribution < -0.4 is 4.72 Å². The summed E-state index contributed by atoms with van der Waals surface area (Å²) in [6.45, 7) is 1.59. The Balaban J connectivity index is 1.37. The van der Waals surface area contributed by atoms with Gasteiger partial charge >= 0.3 is 0 Å². The molecule has 0 aromatic heterocycles. The van der Waals surface area contributed by atoms with Crippen LogP contribution >= 0.6 is 0 Å². The Bertz CT molecular complexity index is 1140. The summed E-state index contributed by atoms with van der Waals surface area (Å²) in [5.41, 5.74) is 2.62. The maximum absolute atomic E-state index is 13.0. The normalized spacial score (nSPS) is 14.9. The van der Waals surface area contributed by atoms with Crippen molar-refractivity contribution in [1.29, 1.82) is 0 Å². The average Bonchev–Trinajstić information content (AvgIpc) is 2.84. The van der Waals surface area contributed by atoms with Crippen molar-refractivity contribution in [1.82, 2.24) is 9.62 Å². The van der Waals surface area contributed by atoms with E-state index in [0.29, 0.717) is 24.6 Å². The van der Waals surface area contributed by atoms with Crippen molar-refractivity contribution >= 4 is 15.9 Å². The Labute approximate surface area is 190 Å². The van der Waals surface area contributed by atoms with Crippen LogP contribution in [0.25, 0.3) is 0 Å². The molecule has 0 aliphatic carbocycles. The zero-order chi connectivity index (χ0) is 22.4. The first-order chi connectivity index (χ1) is 15.5. The highest BCUT2D eigenvalue weighted by Gasteiger charge is 2.25. The SMILES string of the molecule is O=C(c1cccc(S(=O)(=O)NCc2ccccc2)c1)N1CCC(Cc2ccccc2)CC1.